The lowest BCUT2D eigenvalue weighted by atomic mass is 10.2. The minimum absolute atomic E-state index is 0.504. The fourth-order valence-corrected chi connectivity index (χ4v) is 1.13. The molecule has 2 N–H and O–H groups in total. The van der Waals surface area contributed by atoms with Gasteiger partial charge in [-0.3, -0.25) is 4.98 Å². The SMILES string of the molecule is CCC(Nc1cnc(C)c(C)n1)C(=O)O. The molecule has 1 aromatic heterocycles. The molecule has 15 heavy (non-hydrogen) atoms. The van der Waals surface area contributed by atoms with Crippen LogP contribution in [-0.2, 0) is 4.79 Å². The van der Waals surface area contributed by atoms with Gasteiger partial charge >= 0.3 is 5.97 Å². The molecule has 1 aromatic rings. The Labute approximate surface area is 88.6 Å². The van der Waals surface area contributed by atoms with Crippen LogP contribution in [0.15, 0.2) is 6.20 Å². The quantitative estimate of drug-likeness (QED) is 0.783. The fraction of sp³-hybridized carbons (Fsp3) is 0.500. The first kappa shape index (κ1) is 11.4. The molecule has 1 rings (SSSR count). The van der Waals surface area contributed by atoms with E-state index in [0.29, 0.717) is 12.2 Å². The first-order valence-electron chi connectivity index (χ1n) is 4.84. The summed E-state index contributed by atoms with van der Waals surface area (Å²) in [6.07, 6.45) is 2.05. The standard InChI is InChI=1S/C10H15N3O2/c1-4-8(10(14)15)13-9-5-11-6(2)7(3)12-9/h5,8H,4H2,1-3H3,(H,12,13)(H,14,15). The summed E-state index contributed by atoms with van der Waals surface area (Å²) < 4.78 is 0. The second-order valence-corrected chi connectivity index (χ2v) is 3.37. The number of aliphatic carboxylic acids is 1. The molecule has 0 aliphatic carbocycles. The number of aryl methyl sites for hydroxylation is 2. The monoisotopic (exact) mass is 209 g/mol. The lowest BCUT2D eigenvalue weighted by Gasteiger charge is -2.13. The summed E-state index contributed by atoms with van der Waals surface area (Å²) in [5.74, 6) is -0.370. The van der Waals surface area contributed by atoms with Crippen LogP contribution in [0.1, 0.15) is 24.7 Å². The van der Waals surface area contributed by atoms with E-state index in [1.165, 1.54) is 0 Å². The first-order valence-corrected chi connectivity index (χ1v) is 4.84. The lowest BCUT2D eigenvalue weighted by molar-refractivity contribution is -0.137. The average molecular weight is 209 g/mol. The van der Waals surface area contributed by atoms with Crippen molar-refractivity contribution in [2.24, 2.45) is 0 Å². The molecule has 0 bridgehead atoms. The number of carboxylic acids is 1. The summed E-state index contributed by atoms with van der Waals surface area (Å²) in [5.41, 5.74) is 1.66. The maximum atomic E-state index is 10.8. The van der Waals surface area contributed by atoms with Crippen LogP contribution >= 0.6 is 0 Å². The van der Waals surface area contributed by atoms with Crippen LogP contribution in [0.3, 0.4) is 0 Å². The maximum Gasteiger partial charge on any atom is 0.326 e. The van der Waals surface area contributed by atoms with E-state index in [1.54, 1.807) is 13.1 Å². The molecule has 0 aliphatic rings. The molecule has 0 radical (unpaired) electrons. The van der Waals surface area contributed by atoms with Gasteiger partial charge < -0.3 is 10.4 Å². The maximum absolute atomic E-state index is 10.8. The minimum atomic E-state index is -0.877. The number of carbonyl (C=O) groups is 1. The van der Waals surface area contributed by atoms with E-state index in [4.69, 9.17) is 5.11 Å². The number of nitrogens with zero attached hydrogens (tertiary/aromatic N) is 2. The number of aromatic nitrogens is 2. The van der Waals surface area contributed by atoms with Gasteiger partial charge in [-0.15, -0.1) is 0 Å². The van der Waals surface area contributed by atoms with Gasteiger partial charge in [-0.05, 0) is 20.3 Å². The van der Waals surface area contributed by atoms with Gasteiger partial charge in [0.15, 0.2) is 0 Å². The second-order valence-electron chi connectivity index (χ2n) is 3.37. The molecule has 1 atom stereocenters. The average Bonchev–Trinajstić information content (AvgIpc) is 2.19. The lowest BCUT2D eigenvalue weighted by Crippen LogP contribution is -2.28. The molecule has 1 heterocycles. The number of rotatable bonds is 4. The molecule has 5 heteroatoms. The van der Waals surface area contributed by atoms with Crippen LogP contribution in [0.4, 0.5) is 5.82 Å². The van der Waals surface area contributed by atoms with Crippen molar-refractivity contribution in [3.05, 3.63) is 17.6 Å². The predicted octanol–water partition coefficient (Wildman–Crippen LogP) is 1.37. The molecule has 0 saturated carbocycles. The van der Waals surface area contributed by atoms with E-state index in [1.807, 2.05) is 13.8 Å². The van der Waals surface area contributed by atoms with E-state index in [2.05, 4.69) is 15.3 Å². The number of carboxylic acid groups (broad SMARTS) is 1. The van der Waals surface area contributed by atoms with Crippen molar-refractivity contribution in [2.75, 3.05) is 5.32 Å². The third kappa shape index (κ3) is 2.90. The fourth-order valence-electron chi connectivity index (χ4n) is 1.13. The molecule has 0 saturated heterocycles. The second kappa shape index (κ2) is 4.72. The van der Waals surface area contributed by atoms with Crippen molar-refractivity contribution >= 4 is 11.8 Å². The van der Waals surface area contributed by atoms with Gasteiger partial charge in [-0.2, -0.15) is 0 Å². The van der Waals surface area contributed by atoms with Crippen molar-refractivity contribution in [1.82, 2.24) is 9.97 Å². The molecule has 0 spiro atoms. The highest BCUT2D eigenvalue weighted by Crippen LogP contribution is 2.08. The molecular formula is C10H15N3O2. The highest BCUT2D eigenvalue weighted by molar-refractivity contribution is 5.76. The Morgan fingerprint density at radius 2 is 2.20 bits per heavy atom. The zero-order valence-corrected chi connectivity index (χ0v) is 9.11. The molecule has 0 aliphatic heterocycles. The Hall–Kier alpha value is -1.65. The summed E-state index contributed by atoms with van der Waals surface area (Å²) in [6, 6.07) is -0.610. The first-order chi connectivity index (χ1) is 7.04. The molecule has 0 fully saturated rings. The zero-order valence-electron chi connectivity index (χ0n) is 9.11. The molecule has 0 aromatic carbocycles. The Bertz CT molecular complexity index is 366. The van der Waals surface area contributed by atoms with Crippen LogP contribution in [0, 0.1) is 13.8 Å². The summed E-state index contributed by atoms with van der Waals surface area (Å²) >= 11 is 0. The zero-order chi connectivity index (χ0) is 11.4. The largest absolute Gasteiger partial charge is 0.480 e. The van der Waals surface area contributed by atoms with Crippen LogP contribution in [0.25, 0.3) is 0 Å². The predicted molar refractivity (Wildman–Crippen MR) is 56.8 cm³/mol. The number of nitrogens with one attached hydrogen (secondary N) is 1. The highest BCUT2D eigenvalue weighted by Gasteiger charge is 2.15. The van der Waals surface area contributed by atoms with Gasteiger partial charge in [0, 0.05) is 0 Å². The van der Waals surface area contributed by atoms with Gasteiger partial charge in [0.1, 0.15) is 11.9 Å². The van der Waals surface area contributed by atoms with Gasteiger partial charge in [-0.25, -0.2) is 9.78 Å². The Kier molecular flexibility index (Phi) is 3.60. The summed E-state index contributed by atoms with van der Waals surface area (Å²) in [6.45, 7) is 5.51. The van der Waals surface area contributed by atoms with Crippen LogP contribution in [0.5, 0.6) is 0 Å². The topological polar surface area (TPSA) is 75.1 Å². The minimum Gasteiger partial charge on any atom is -0.480 e. The van der Waals surface area contributed by atoms with Crippen LogP contribution in [0.2, 0.25) is 0 Å². The highest BCUT2D eigenvalue weighted by atomic mass is 16.4. The summed E-state index contributed by atoms with van der Waals surface area (Å²) in [5, 5.41) is 11.7. The van der Waals surface area contributed by atoms with Crippen molar-refractivity contribution in [1.29, 1.82) is 0 Å². The van der Waals surface area contributed by atoms with E-state index in [9.17, 15) is 4.79 Å². The number of hydrogen-bond donors (Lipinski definition) is 2. The van der Waals surface area contributed by atoms with E-state index >= 15 is 0 Å². The molecular weight excluding hydrogens is 194 g/mol. The van der Waals surface area contributed by atoms with Crippen LogP contribution < -0.4 is 5.32 Å². The summed E-state index contributed by atoms with van der Waals surface area (Å²) in [4.78, 5) is 19.1. The van der Waals surface area contributed by atoms with E-state index in [-0.39, 0.29) is 0 Å². The van der Waals surface area contributed by atoms with Crippen molar-refractivity contribution in [3.63, 3.8) is 0 Å². The third-order valence-corrected chi connectivity index (χ3v) is 2.22. The van der Waals surface area contributed by atoms with Crippen molar-refractivity contribution in [3.8, 4) is 0 Å². The third-order valence-electron chi connectivity index (χ3n) is 2.22. The van der Waals surface area contributed by atoms with E-state index in [0.717, 1.165) is 11.4 Å². The normalized spacial score (nSPS) is 12.2. The Balaban J connectivity index is 2.80. The van der Waals surface area contributed by atoms with Gasteiger partial charge in [0.25, 0.3) is 0 Å². The number of anilines is 1. The van der Waals surface area contributed by atoms with Gasteiger partial charge in [0.05, 0.1) is 17.6 Å². The van der Waals surface area contributed by atoms with Crippen LogP contribution in [-0.4, -0.2) is 27.1 Å². The molecule has 1 unspecified atom stereocenters. The van der Waals surface area contributed by atoms with E-state index < -0.39 is 12.0 Å². The Morgan fingerprint density at radius 1 is 1.53 bits per heavy atom. The molecule has 5 nitrogen and oxygen atoms in total. The van der Waals surface area contributed by atoms with Crippen molar-refractivity contribution < 1.29 is 9.90 Å². The molecule has 0 amide bonds. The van der Waals surface area contributed by atoms with Gasteiger partial charge in [-0.1, -0.05) is 6.92 Å². The number of hydrogen-bond acceptors (Lipinski definition) is 4. The smallest absolute Gasteiger partial charge is 0.326 e. The summed E-state index contributed by atoms with van der Waals surface area (Å²) in [7, 11) is 0. The Morgan fingerprint density at radius 3 is 2.67 bits per heavy atom. The van der Waals surface area contributed by atoms with Crippen molar-refractivity contribution in [2.45, 2.75) is 33.2 Å². The molecule has 82 valence electrons. The van der Waals surface area contributed by atoms with Gasteiger partial charge in [0.2, 0.25) is 0 Å².